The van der Waals surface area contributed by atoms with Crippen molar-refractivity contribution < 1.29 is 17.9 Å². The Morgan fingerprint density at radius 3 is 2.32 bits per heavy atom. The lowest BCUT2D eigenvalue weighted by atomic mass is 10.0. The molecule has 1 amide bonds. The van der Waals surface area contributed by atoms with Gasteiger partial charge in [-0.05, 0) is 64.4 Å². The molecule has 0 radical (unpaired) electrons. The molecule has 2 N–H and O–H groups in total. The van der Waals surface area contributed by atoms with Crippen molar-refractivity contribution in [2.24, 2.45) is 0 Å². The molecule has 4 unspecified atom stereocenters. The molecule has 9 heteroatoms. The van der Waals surface area contributed by atoms with Gasteiger partial charge in [-0.25, -0.2) is 8.42 Å². The summed E-state index contributed by atoms with van der Waals surface area (Å²) >= 11 is 0. The van der Waals surface area contributed by atoms with Crippen LogP contribution in [0.4, 0.5) is 0 Å². The Morgan fingerprint density at radius 2 is 1.75 bits per heavy atom. The number of amides is 1. The van der Waals surface area contributed by atoms with Crippen LogP contribution >= 0.6 is 12.4 Å². The summed E-state index contributed by atoms with van der Waals surface area (Å²) in [6, 6.07) is 6.73. The van der Waals surface area contributed by atoms with Crippen LogP contribution in [0.25, 0.3) is 0 Å². The first kappa shape index (κ1) is 23.1. The zero-order chi connectivity index (χ0) is 19.6. The van der Waals surface area contributed by atoms with Crippen LogP contribution in [0.2, 0.25) is 0 Å². The first-order valence-electron chi connectivity index (χ1n) is 9.55. The van der Waals surface area contributed by atoms with Crippen molar-refractivity contribution in [3.05, 3.63) is 29.8 Å². The van der Waals surface area contributed by atoms with Crippen LogP contribution in [0.3, 0.4) is 0 Å². The second kappa shape index (κ2) is 9.54. The third-order valence-electron chi connectivity index (χ3n) is 5.10. The molecule has 0 aromatic heterocycles. The van der Waals surface area contributed by atoms with E-state index in [1.165, 1.54) is 16.4 Å². The Morgan fingerprint density at radius 1 is 1.14 bits per heavy atom. The van der Waals surface area contributed by atoms with Gasteiger partial charge >= 0.3 is 0 Å². The van der Waals surface area contributed by atoms with Crippen molar-refractivity contribution >= 4 is 28.3 Å². The van der Waals surface area contributed by atoms with Crippen molar-refractivity contribution in [1.29, 1.82) is 0 Å². The molecule has 2 fully saturated rings. The number of carbonyl (C=O) groups excluding carboxylic acids is 1. The Hall–Kier alpha value is -1.19. The number of morpholine rings is 1. The first-order valence-corrected chi connectivity index (χ1v) is 11.0. The van der Waals surface area contributed by atoms with E-state index in [1.807, 2.05) is 13.8 Å². The zero-order valence-electron chi connectivity index (χ0n) is 16.6. The number of carbonyl (C=O) groups is 1. The highest BCUT2D eigenvalue weighted by Gasteiger charge is 2.32. The van der Waals surface area contributed by atoms with Gasteiger partial charge in [-0.2, -0.15) is 4.31 Å². The fourth-order valence-electron chi connectivity index (χ4n) is 3.79. The Bertz CT molecular complexity index is 762. The van der Waals surface area contributed by atoms with E-state index < -0.39 is 10.0 Å². The molecule has 28 heavy (non-hydrogen) atoms. The lowest BCUT2D eigenvalue weighted by Gasteiger charge is -2.34. The molecule has 0 aliphatic carbocycles. The van der Waals surface area contributed by atoms with Gasteiger partial charge in [-0.15, -0.1) is 12.4 Å². The SMILES string of the molecule is CC1CC(NC(=O)c2ccc(S(=O)(=O)N3CC(C)OC(C)C3)cc2)CCN1.Cl. The maximum Gasteiger partial charge on any atom is 0.251 e. The average Bonchev–Trinajstić information content (AvgIpc) is 2.61. The number of sulfonamides is 1. The topological polar surface area (TPSA) is 87.7 Å². The summed E-state index contributed by atoms with van der Waals surface area (Å²) in [5.41, 5.74) is 0.476. The van der Waals surface area contributed by atoms with Crippen molar-refractivity contribution in [2.75, 3.05) is 19.6 Å². The fraction of sp³-hybridized carbons (Fsp3) is 0.632. The van der Waals surface area contributed by atoms with Crippen molar-refractivity contribution in [2.45, 2.75) is 62.8 Å². The monoisotopic (exact) mass is 431 g/mol. The average molecular weight is 432 g/mol. The Kier molecular flexibility index (Phi) is 7.87. The number of hydrogen-bond acceptors (Lipinski definition) is 5. The molecule has 0 bridgehead atoms. The molecule has 1 aromatic carbocycles. The minimum Gasteiger partial charge on any atom is -0.373 e. The summed E-state index contributed by atoms with van der Waals surface area (Å²) in [5.74, 6) is -0.160. The van der Waals surface area contributed by atoms with E-state index >= 15 is 0 Å². The number of nitrogens with zero attached hydrogens (tertiary/aromatic N) is 1. The number of hydrogen-bond donors (Lipinski definition) is 2. The van der Waals surface area contributed by atoms with E-state index in [4.69, 9.17) is 4.74 Å². The van der Waals surface area contributed by atoms with Gasteiger partial charge in [0, 0.05) is 30.7 Å². The predicted octanol–water partition coefficient (Wildman–Crippen LogP) is 1.78. The quantitative estimate of drug-likeness (QED) is 0.758. The second-order valence-electron chi connectivity index (χ2n) is 7.65. The van der Waals surface area contributed by atoms with Crippen LogP contribution in [0, 0.1) is 0 Å². The summed E-state index contributed by atoms with van der Waals surface area (Å²) < 4.78 is 32.8. The van der Waals surface area contributed by atoms with E-state index in [9.17, 15) is 13.2 Å². The third kappa shape index (κ3) is 5.45. The third-order valence-corrected chi connectivity index (χ3v) is 6.95. The molecule has 7 nitrogen and oxygen atoms in total. The molecule has 2 saturated heterocycles. The minimum absolute atomic E-state index is 0. The molecule has 0 spiro atoms. The fourth-order valence-corrected chi connectivity index (χ4v) is 5.38. The van der Waals surface area contributed by atoms with Crippen LogP contribution in [0.15, 0.2) is 29.2 Å². The molecular weight excluding hydrogens is 402 g/mol. The molecule has 1 aromatic rings. The number of benzene rings is 1. The number of piperidine rings is 1. The van der Waals surface area contributed by atoms with E-state index in [0.717, 1.165) is 19.4 Å². The molecule has 2 aliphatic heterocycles. The largest absolute Gasteiger partial charge is 0.373 e. The highest BCUT2D eigenvalue weighted by molar-refractivity contribution is 7.89. The standard InChI is InChI=1S/C19H29N3O4S.ClH/c1-13-10-17(8-9-20-13)21-19(23)16-4-6-18(7-5-16)27(24,25)22-11-14(2)26-15(3)12-22;/h4-7,13-15,17,20H,8-12H2,1-3H3,(H,21,23);1H. The van der Waals surface area contributed by atoms with Crippen LogP contribution in [-0.2, 0) is 14.8 Å². The predicted molar refractivity (Wildman–Crippen MR) is 110 cm³/mol. The maximum absolute atomic E-state index is 12.9. The van der Waals surface area contributed by atoms with E-state index in [0.29, 0.717) is 24.7 Å². The molecule has 4 atom stereocenters. The van der Waals surface area contributed by atoms with Gasteiger partial charge < -0.3 is 15.4 Å². The lowest BCUT2D eigenvalue weighted by molar-refractivity contribution is -0.0440. The first-order chi connectivity index (χ1) is 12.8. The number of ether oxygens (including phenoxy) is 1. The maximum atomic E-state index is 12.9. The van der Waals surface area contributed by atoms with Crippen LogP contribution < -0.4 is 10.6 Å². The molecule has 158 valence electrons. The summed E-state index contributed by atoms with van der Waals surface area (Å²) in [6.07, 6.45) is 1.52. The van der Waals surface area contributed by atoms with Gasteiger partial charge in [0.05, 0.1) is 17.1 Å². The summed E-state index contributed by atoms with van der Waals surface area (Å²) in [7, 11) is -3.59. The number of rotatable bonds is 4. The highest BCUT2D eigenvalue weighted by Crippen LogP contribution is 2.21. The minimum atomic E-state index is -3.59. The van der Waals surface area contributed by atoms with Crippen molar-refractivity contribution in [3.8, 4) is 0 Å². The van der Waals surface area contributed by atoms with Crippen molar-refractivity contribution in [1.82, 2.24) is 14.9 Å². The van der Waals surface area contributed by atoms with E-state index in [2.05, 4.69) is 17.6 Å². The van der Waals surface area contributed by atoms with Crippen LogP contribution in [0.1, 0.15) is 44.0 Å². The summed E-state index contributed by atoms with van der Waals surface area (Å²) in [4.78, 5) is 12.7. The number of halogens is 1. The van der Waals surface area contributed by atoms with Crippen LogP contribution in [0.5, 0.6) is 0 Å². The van der Waals surface area contributed by atoms with Gasteiger partial charge in [0.15, 0.2) is 0 Å². The summed E-state index contributed by atoms with van der Waals surface area (Å²) in [6.45, 7) is 7.40. The smallest absolute Gasteiger partial charge is 0.251 e. The molecule has 0 saturated carbocycles. The van der Waals surface area contributed by atoms with Gasteiger partial charge in [0.25, 0.3) is 5.91 Å². The van der Waals surface area contributed by atoms with E-state index in [1.54, 1.807) is 12.1 Å². The van der Waals surface area contributed by atoms with Gasteiger partial charge in [-0.3, -0.25) is 4.79 Å². The lowest BCUT2D eigenvalue weighted by Crippen LogP contribution is -2.48. The van der Waals surface area contributed by atoms with Gasteiger partial charge in [-0.1, -0.05) is 0 Å². The molecular formula is C19H30ClN3O4S. The normalized spacial score (nSPS) is 29.0. The molecule has 2 heterocycles. The van der Waals surface area contributed by atoms with Crippen LogP contribution in [-0.4, -0.2) is 62.6 Å². The summed E-state index contributed by atoms with van der Waals surface area (Å²) in [5, 5.41) is 6.40. The second-order valence-corrected chi connectivity index (χ2v) is 9.59. The Balaban J connectivity index is 0.00000280. The number of nitrogens with one attached hydrogen (secondary N) is 2. The molecule has 2 aliphatic rings. The molecule has 3 rings (SSSR count). The van der Waals surface area contributed by atoms with E-state index in [-0.39, 0.29) is 41.5 Å². The Labute approximate surface area is 173 Å². The van der Waals surface area contributed by atoms with Gasteiger partial charge in [0.1, 0.15) is 0 Å². The highest BCUT2D eigenvalue weighted by atomic mass is 35.5. The van der Waals surface area contributed by atoms with Gasteiger partial charge in [0.2, 0.25) is 10.0 Å². The zero-order valence-corrected chi connectivity index (χ0v) is 18.2. The van der Waals surface area contributed by atoms with Crippen molar-refractivity contribution in [3.63, 3.8) is 0 Å².